The fourth-order valence-electron chi connectivity index (χ4n) is 1.51. The quantitative estimate of drug-likeness (QED) is 0.606. The molecule has 0 aromatic carbocycles. The molecule has 0 heterocycles. The van der Waals surface area contributed by atoms with Crippen LogP contribution in [0.3, 0.4) is 0 Å². The maximum absolute atomic E-state index is 11.6. The van der Waals surface area contributed by atoms with Gasteiger partial charge in [0.2, 0.25) is 10.0 Å². The van der Waals surface area contributed by atoms with Crippen LogP contribution in [0, 0.1) is 0 Å². The molecule has 2 N–H and O–H groups in total. The largest absolute Gasteiger partial charge is 0.314 e. The predicted molar refractivity (Wildman–Crippen MR) is 70.4 cm³/mol. The third-order valence-corrected chi connectivity index (χ3v) is 4.82. The van der Waals surface area contributed by atoms with Gasteiger partial charge in [-0.3, -0.25) is 0 Å². The van der Waals surface area contributed by atoms with Crippen LogP contribution >= 0.6 is 11.8 Å². The van der Waals surface area contributed by atoms with Gasteiger partial charge in [-0.15, -0.1) is 0 Å². The zero-order valence-corrected chi connectivity index (χ0v) is 11.7. The molecule has 0 amide bonds. The maximum atomic E-state index is 11.6. The van der Waals surface area contributed by atoms with Crippen LogP contribution in [-0.4, -0.2) is 44.8 Å². The summed E-state index contributed by atoms with van der Waals surface area (Å²) in [5, 5.41) is 3.31. The highest BCUT2D eigenvalue weighted by Gasteiger charge is 2.20. The second-order valence-electron chi connectivity index (χ2n) is 4.38. The number of hydrogen-bond donors (Lipinski definition) is 2. The Hall–Kier alpha value is 0.220. The number of hydrogen-bond acceptors (Lipinski definition) is 4. The molecule has 0 spiro atoms. The maximum Gasteiger partial charge on any atom is 0.211 e. The van der Waals surface area contributed by atoms with Crippen LogP contribution < -0.4 is 10.0 Å². The second kappa shape index (κ2) is 6.83. The minimum absolute atomic E-state index is 0.0244. The highest BCUT2D eigenvalue weighted by Crippen LogP contribution is 2.18. The molecule has 0 radical (unpaired) electrons. The van der Waals surface area contributed by atoms with Gasteiger partial charge in [-0.05, 0) is 39.0 Å². The van der Waals surface area contributed by atoms with Crippen molar-refractivity contribution in [2.45, 2.75) is 38.3 Å². The van der Waals surface area contributed by atoms with E-state index in [1.165, 1.54) is 12.8 Å². The van der Waals surface area contributed by atoms with Gasteiger partial charge in [-0.1, -0.05) is 0 Å². The molecule has 0 bridgehead atoms. The van der Waals surface area contributed by atoms with Crippen molar-refractivity contribution in [1.82, 2.24) is 10.0 Å². The first-order valence-electron chi connectivity index (χ1n) is 5.76. The van der Waals surface area contributed by atoms with Crippen molar-refractivity contribution in [3.63, 3.8) is 0 Å². The highest BCUT2D eigenvalue weighted by molar-refractivity contribution is 7.98. The van der Waals surface area contributed by atoms with E-state index in [0.717, 1.165) is 12.3 Å². The van der Waals surface area contributed by atoms with E-state index >= 15 is 0 Å². The number of thioether (sulfide) groups is 1. The van der Waals surface area contributed by atoms with Crippen LogP contribution in [0.2, 0.25) is 0 Å². The summed E-state index contributed by atoms with van der Waals surface area (Å²) in [6, 6.07) is 0.683. The van der Waals surface area contributed by atoms with Gasteiger partial charge < -0.3 is 5.32 Å². The van der Waals surface area contributed by atoms with Crippen LogP contribution in [0.15, 0.2) is 0 Å². The fraction of sp³-hybridized carbons (Fsp3) is 1.00. The van der Waals surface area contributed by atoms with Crippen molar-refractivity contribution >= 4 is 21.8 Å². The van der Waals surface area contributed by atoms with E-state index in [2.05, 4.69) is 10.0 Å². The van der Waals surface area contributed by atoms with E-state index in [9.17, 15) is 8.42 Å². The molecule has 0 aliphatic heterocycles. The van der Waals surface area contributed by atoms with E-state index in [-0.39, 0.29) is 11.8 Å². The van der Waals surface area contributed by atoms with E-state index in [1.54, 1.807) is 11.8 Å². The Bertz CT molecular complexity index is 289. The van der Waals surface area contributed by atoms with E-state index in [1.807, 2.05) is 13.2 Å². The highest BCUT2D eigenvalue weighted by atomic mass is 32.2. The van der Waals surface area contributed by atoms with Crippen molar-refractivity contribution in [3.05, 3.63) is 0 Å². The van der Waals surface area contributed by atoms with Crippen molar-refractivity contribution in [2.24, 2.45) is 0 Å². The molecular weight excluding hydrogens is 244 g/mol. The molecule has 0 aromatic rings. The molecule has 1 fully saturated rings. The Labute approximate surface area is 103 Å². The first-order valence-corrected chi connectivity index (χ1v) is 8.80. The standard InChI is InChI=1S/C10H22N2O2S2/c1-9(8-15-2)12-16(13,14)7-3-6-11-10-4-5-10/h9-12H,3-8H2,1-2H3. The molecule has 1 unspecified atom stereocenters. The lowest BCUT2D eigenvalue weighted by molar-refractivity contribution is 0.564. The first kappa shape index (κ1) is 14.3. The van der Waals surface area contributed by atoms with Crippen molar-refractivity contribution < 1.29 is 8.42 Å². The molecule has 0 saturated heterocycles. The molecule has 96 valence electrons. The Morgan fingerprint density at radius 1 is 1.44 bits per heavy atom. The normalized spacial score (nSPS) is 18.6. The summed E-state index contributed by atoms with van der Waals surface area (Å²) in [4.78, 5) is 0. The Kier molecular flexibility index (Phi) is 6.10. The van der Waals surface area contributed by atoms with Gasteiger partial charge in [0.15, 0.2) is 0 Å². The molecular formula is C10H22N2O2S2. The first-order chi connectivity index (χ1) is 7.53. The molecule has 0 aromatic heterocycles. The Morgan fingerprint density at radius 2 is 2.12 bits per heavy atom. The van der Waals surface area contributed by atoms with Gasteiger partial charge in [0.25, 0.3) is 0 Å². The fourth-order valence-corrected chi connectivity index (χ4v) is 3.53. The third kappa shape index (κ3) is 6.73. The predicted octanol–water partition coefficient (Wildman–Crippen LogP) is 0.799. The van der Waals surface area contributed by atoms with E-state index in [0.29, 0.717) is 12.5 Å². The average Bonchev–Trinajstić information content (AvgIpc) is 2.95. The topological polar surface area (TPSA) is 58.2 Å². The zero-order valence-electron chi connectivity index (χ0n) is 10.0. The van der Waals surface area contributed by atoms with Crippen LogP contribution in [0.25, 0.3) is 0 Å². The minimum Gasteiger partial charge on any atom is -0.314 e. The lowest BCUT2D eigenvalue weighted by Crippen LogP contribution is -2.36. The molecule has 4 nitrogen and oxygen atoms in total. The average molecular weight is 266 g/mol. The van der Waals surface area contributed by atoms with E-state index < -0.39 is 10.0 Å². The summed E-state index contributed by atoms with van der Waals surface area (Å²) < 4.78 is 25.9. The molecule has 1 saturated carbocycles. The SMILES string of the molecule is CSCC(C)NS(=O)(=O)CCCNC1CC1. The number of rotatable bonds is 9. The third-order valence-electron chi connectivity index (χ3n) is 2.40. The zero-order chi connectivity index (χ0) is 12.0. The molecule has 1 rings (SSSR count). The summed E-state index contributed by atoms with van der Waals surface area (Å²) in [5.74, 6) is 1.05. The number of sulfonamides is 1. The molecule has 1 aliphatic carbocycles. The smallest absolute Gasteiger partial charge is 0.211 e. The Morgan fingerprint density at radius 3 is 2.69 bits per heavy atom. The number of nitrogens with one attached hydrogen (secondary N) is 2. The van der Waals surface area contributed by atoms with Gasteiger partial charge >= 0.3 is 0 Å². The van der Waals surface area contributed by atoms with Gasteiger partial charge in [0.1, 0.15) is 0 Å². The minimum atomic E-state index is -3.08. The molecule has 6 heteroatoms. The van der Waals surface area contributed by atoms with E-state index in [4.69, 9.17) is 0 Å². The van der Waals surface area contributed by atoms with Crippen molar-refractivity contribution in [3.8, 4) is 0 Å². The summed E-state index contributed by atoms with van der Waals surface area (Å²) >= 11 is 1.65. The van der Waals surface area contributed by atoms with Crippen LogP contribution in [0.4, 0.5) is 0 Å². The lowest BCUT2D eigenvalue weighted by Gasteiger charge is -2.12. The molecule has 1 atom stereocenters. The van der Waals surface area contributed by atoms with Gasteiger partial charge in [-0.2, -0.15) is 11.8 Å². The summed E-state index contributed by atoms with van der Waals surface area (Å²) in [6.45, 7) is 2.71. The second-order valence-corrected chi connectivity index (χ2v) is 7.16. The summed E-state index contributed by atoms with van der Waals surface area (Å²) in [5.41, 5.74) is 0. The van der Waals surface area contributed by atoms with Gasteiger partial charge in [0, 0.05) is 17.8 Å². The lowest BCUT2D eigenvalue weighted by atomic mass is 10.4. The van der Waals surface area contributed by atoms with Crippen LogP contribution in [0.1, 0.15) is 26.2 Å². The van der Waals surface area contributed by atoms with Crippen LogP contribution in [-0.2, 0) is 10.0 Å². The molecule has 16 heavy (non-hydrogen) atoms. The van der Waals surface area contributed by atoms with Gasteiger partial charge in [0.05, 0.1) is 5.75 Å². The van der Waals surface area contributed by atoms with Crippen molar-refractivity contribution in [2.75, 3.05) is 24.3 Å². The summed E-state index contributed by atoms with van der Waals surface area (Å²) in [6.07, 6.45) is 5.16. The summed E-state index contributed by atoms with van der Waals surface area (Å²) in [7, 11) is -3.08. The molecule has 1 aliphatic rings. The van der Waals surface area contributed by atoms with Crippen molar-refractivity contribution in [1.29, 1.82) is 0 Å². The monoisotopic (exact) mass is 266 g/mol. The Balaban J connectivity index is 2.11. The van der Waals surface area contributed by atoms with Crippen LogP contribution in [0.5, 0.6) is 0 Å². The van der Waals surface area contributed by atoms with Gasteiger partial charge in [-0.25, -0.2) is 13.1 Å².